The van der Waals surface area contributed by atoms with Gasteiger partial charge >= 0.3 is 0 Å². The molecule has 15 heavy (non-hydrogen) atoms. The Hall–Kier alpha value is -0.870. The Morgan fingerprint density at radius 2 is 2.27 bits per heavy atom. The third kappa shape index (κ3) is 4.01. The molecule has 1 N–H and O–H groups in total. The van der Waals surface area contributed by atoms with Crippen LogP contribution in [0.25, 0.3) is 0 Å². The van der Waals surface area contributed by atoms with E-state index in [2.05, 4.69) is 24.1 Å². The molecule has 0 aliphatic carbocycles. The first kappa shape index (κ1) is 12.2. The van der Waals surface area contributed by atoms with Gasteiger partial charge in [0.25, 0.3) is 0 Å². The Labute approximate surface area is 91.7 Å². The topological polar surface area (TPSA) is 39.1 Å². The van der Waals surface area contributed by atoms with Crippen molar-refractivity contribution in [1.29, 1.82) is 0 Å². The second-order valence-electron chi connectivity index (χ2n) is 4.34. The molecule has 0 saturated carbocycles. The second-order valence-corrected chi connectivity index (χ2v) is 4.34. The zero-order valence-corrected chi connectivity index (χ0v) is 10.1. The first-order valence-electron chi connectivity index (χ1n) is 5.27. The summed E-state index contributed by atoms with van der Waals surface area (Å²) in [4.78, 5) is 4.24. The average molecular weight is 211 g/mol. The number of imidazole rings is 1. The molecule has 0 unspecified atom stereocenters. The summed E-state index contributed by atoms with van der Waals surface area (Å²) in [5.74, 6) is 1.06. The highest BCUT2D eigenvalue weighted by molar-refractivity contribution is 4.90. The molecule has 1 aromatic rings. The molecule has 0 aliphatic rings. The van der Waals surface area contributed by atoms with Crippen LogP contribution in [0.3, 0.4) is 0 Å². The zero-order valence-electron chi connectivity index (χ0n) is 10.1. The van der Waals surface area contributed by atoms with Crippen LogP contribution in [0, 0.1) is 0 Å². The Kier molecular flexibility index (Phi) is 4.29. The average Bonchev–Trinajstić information content (AvgIpc) is 2.59. The van der Waals surface area contributed by atoms with Crippen LogP contribution in [0.4, 0.5) is 0 Å². The molecule has 0 fully saturated rings. The van der Waals surface area contributed by atoms with Crippen molar-refractivity contribution in [2.45, 2.75) is 32.4 Å². The van der Waals surface area contributed by atoms with Crippen LogP contribution in [0.15, 0.2) is 12.4 Å². The molecule has 1 rings (SSSR count). The number of methoxy groups -OCH3 is 1. The summed E-state index contributed by atoms with van der Waals surface area (Å²) in [7, 11) is 3.75. The van der Waals surface area contributed by atoms with Crippen molar-refractivity contribution in [2.24, 2.45) is 7.05 Å². The SMILES string of the molecule is COC(C)(C)CCNCc1nccn1C. The maximum Gasteiger partial charge on any atom is 0.122 e. The maximum absolute atomic E-state index is 5.34. The van der Waals surface area contributed by atoms with Crippen LogP contribution in [0.2, 0.25) is 0 Å². The van der Waals surface area contributed by atoms with Gasteiger partial charge < -0.3 is 14.6 Å². The van der Waals surface area contributed by atoms with Gasteiger partial charge in [-0.25, -0.2) is 4.98 Å². The number of nitrogens with one attached hydrogen (secondary N) is 1. The summed E-state index contributed by atoms with van der Waals surface area (Å²) in [6.07, 6.45) is 4.76. The van der Waals surface area contributed by atoms with Gasteiger partial charge in [0.15, 0.2) is 0 Å². The first-order chi connectivity index (χ1) is 7.05. The number of ether oxygens (including phenoxy) is 1. The third-order valence-electron chi connectivity index (χ3n) is 2.66. The third-order valence-corrected chi connectivity index (χ3v) is 2.66. The van der Waals surface area contributed by atoms with Gasteiger partial charge in [-0.15, -0.1) is 0 Å². The van der Waals surface area contributed by atoms with Gasteiger partial charge in [-0.2, -0.15) is 0 Å². The molecule has 0 atom stereocenters. The van der Waals surface area contributed by atoms with Crippen molar-refractivity contribution in [3.05, 3.63) is 18.2 Å². The Bertz CT molecular complexity index is 294. The van der Waals surface area contributed by atoms with Crippen LogP contribution >= 0.6 is 0 Å². The van der Waals surface area contributed by atoms with Crippen LogP contribution in [0.1, 0.15) is 26.1 Å². The van der Waals surface area contributed by atoms with E-state index in [0.29, 0.717) is 0 Å². The van der Waals surface area contributed by atoms with Crippen molar-refractivity contribution in [2.75, 3.05) is 13.7 Å². The van der Waals surface area contributed by atoms with E-state index in [1.807, 2.05) is 24.0 Å². The van der Waals surface area contributed by atoms with E-state index < -0.39 is 0 Å². The van der Waals surface area contributed by atoms with Crippen molar-refractivity contribution >= 4 is 0 Å². The fourth-order valence-electron chi connectivity index (χ4n) is 1.26. The predicted molar refractivity (Wildman–Crippen MR) is 60.6 cm³/mol. The summed E-state index contributed by atoms with van der Waals surface area (Å²) in [6.45, 7) is 5.93. The Morgan fingerprint density at radius 3 is 2.80 bits per heavy atom. The number of nitrogens with zero attached hydrogens (tertiary/aromatic N) is 2. The highest BCUT2D eigenvalue weighted by atomic mass is 16.5. The van der Waals surface area contributed by atoms with Gasteiger partial charge in [-0.1, -0.05) is 0 Å². The van der Waals surface area contributed by atoms with Crippen molar-refractivity contribution in [1.82, 2.24) is 14.9 Å². The van der Waals surface area contributed by atoms with Crippen molar-refractivity contribution in [3.63, 3.8) is 0 Å². The normalized spacial score (nSPS) is 12.0. The summed E-state index contributed by atoms with van der Waals surface area (Å²) in [5.41, 5.74) is -0.0470. The van der Waals surface area contributed by atoms with Gasteiger partial charge in [0.1, 0.15) is 5.82 Å². The largest absolute Gasteiger partial charge is 0.379 e. The van der Waals surface area contributed by atoms with Crippen LogP contribution in [-0.2, 0) is 18.3 Å². The molecule has 0 bridgehead atoms. The lowest BCUT2D eigenvalue weighted by molar-refractivity contribution is 0.0158. The first-order valence-corrected chi connectivity index (χ1v) is 5.27. The lowest BCUT2D eigenvalue weighted by Crippen LogP contribution is -2.29. The minimum atomic E-state index is -0.0470. The summed E-state index contributed by atoms with van der Waals surface area (Å²) >= 11 is 0. The number of rotatable bonds is 6. The zero-order chi connectivity index (χ0) is 11.3. The predicted octanol–water partition coefficient (Wildman–Crippen LogP) is 1.32. The van der Waals surface area contributed by atoms with E-state index in [1.54, 1.807) is 7.11 Å². The van der Waals surface area contributed by atoms with E-state index in [1.165, 1.54) is 0 Å². The van der Waals surface area contributed by atoms with E-state index in [-0.39, 0.29) is 5.60 Å². The summed E-state index contributed by atoms with van der Waals surface area (Å²) < 4.78 is 7.36. The molecule has 0 aromatic carbocycles. The molecule has 1 heterocycles. The molecular weight excluding hydrogens is 190 g/mol. The minimum absolute atomic E-state index is 0.0470. The van der Waals surface area contributed by atoms with E-state index in [9.17, 15) is 0 Å². The van der Waals surface area contributed by atoms with Gasteiger partial charge in [0, 0.05) is 26.6 Å². The summed E-state index contributed by atoms with van der Waals surface area (Å²) in [5, 5.41) is 3.36. The van der Waals surface area contributed by atoms with E-state index >= 15 is 0 Å². The van der Waals surface area contributed by atoms with Gasteiger partial charge in [0.05, 0.1) is 12.1 Å². The molecule has 0 radical (unpaired) electrons. The highest BCUT2D eigenvalue weighted by Gasteiger charge is 2.14. The second kappa shape index (κ2) is 5.28. The number of aromatic nitrogens is 2. The molecule has 86 valence electrons. The lowest BCUT2D eigenvalue weighted by atomic mass is 10.1. The lowest BCUT2D eigenvalue weighted by Gasteiger charge is -2.22. The molecule has 1 aromatic heterocycles. The van der Waals surface area contributed by atoms with Crippen LogP contribution in [-0.4, -0.2) is 28.8 Å². The minimum Gasteiger partial charge on any atom is -0.379 e. The molecular formula is C11H21N3O. The fourth-order valence-corrected chi connectivity index (χ4v) is 1.26. The summed E-state index contributed by atoms with van der Waals surface area (Å²) in [6, 6.07) is 0. The number of hydrogen-bond donors (Lipinski definition) is 1. The fraction of sp³-hybridized carbons (Fsp3) is 0.727. The van der Waals surface area contributed by atoms with Crippen LogP contribution < -0.4 is 5.32 Å². The van der Waals surface area contributed by atoms with Gasteiger partial charge in [-0.05, 0) is 26.8 Å². The Balaban J connectivity index is 2.20. The molecule has 0 aliphatic heterocycles. The van der Waals surface area contributed by atoms with Gasteiger partial charge in [-0.3, -0.25) is 0 Å². The highest BCUT2D eigenvalue weighted by Crippen LogP contribution is 2.11. The van der Waals surface area contributed by atoms with E-state index in [4.69, 9.17) is 4.74 Å². The van der Waals surface area contributed by atoms with Crippen LogP contribution in [0.5, 0.6) is 0 Å². The monoisotopic (exact) mass is 211 g/mol. The quantitative estimate of drug-likeness (QED) is 0.721. The number of aryl methyl sites for hydroxylation is 1. The standard InChI is InChI=1S/C11H21N3O/c1-11(2,15-4)5-6-12-9-10-13-7-8-14(10)3/h7-8,12H,5-6,9H2,1-4H3. The van der Waals surface area contributed by atoms with Crippen molar-refractivity contribution < 1.29 is 4.74 Å². The Morgan fingerprint density at radius 1 is 1.53 bits per heavy atom. The van der Waals surface area contributed by atoms with Crippen molar-refractivity contribution in [3.8, 4) is 0 Å². The van der Waals surface area contributed by atoms with Gasteiger partial charge in [0.2, 0.25) is 0 Å². The molecule has 0 spiro atoms. The molecule has 0 saturated heterocycles. The smallest absolute Gasteiger partial charge is 0.122 e. The van der Waals surface area contributed by atoms with E-state index in [0.717, 1.165) is 25.3 Å². The molecule has 0 amide bonds. The number of hydrogen-bond acceptors (Lipinski definition) is 3. The maximum atomic E-state index is 5.34. The molecule has 4 heteroatoms. The molecule has 4 nitrogen and oxygen atoms in total.